The second-order valence-corrected chi connectivity index (χ2v) is 5.62. The summed E-state index contributed by atoms with van der Waals surface area (Å²) in [5.74, 6) is -0.665. The summed E-state index contributed by atoms with van der Waals surface area (Å²) >= 11 is 0. The fourth-order valence-corrected chi connectivity index (χ4v) is 1.92. The van der Waals surface area contributed by atoms with E-state index in [4.69, 9.17) is 0 Å². The van der Waals surface area contributed by atoms with Crippen molar-refractivity contribution in [1.29, 1.82) is 0 Å². The van der Waals surface area contributed by atoms with Crippen LogP contribution in [0.5, 0.6) is 0 Å². The molecule has 0 aromatic heterocycles. The first-order valence-electron chi connectivity index (χ1n) is 5.00. The average Bonchev–Trinajstić information content (AvgIpc) is 2.34. The third-order valence-corrected chi connectivity index (χ3v) is 3.34. The van der Waals surface area contributed by atoms with Crippen LogP contribution in [0, 0.1) is 10.1 Å². The van der Waals surface area contributed by atoms with Crippen LogP contribution >= 0.6 is 0 Å². The zero-order valence-electron chi connectivity index (χ0n) is 10.2. The number of nitro groups is 1. The minimum Gasteiger partial charge on any atom is -0.466 e. The minimum atomic E-state index is -3.53. The smallest absolute Gasteiger partial charge is 0.330 e. The van der Waals surface area contributed by atoms with E-state index < -0.39 is 26.4 Å². The lowest BCUT2D eigenvalue weighted by Gasteiger charge is -2.01. The fourth-order valence-electron chi connectivity index (χ4n) is 1.28. The normalized spacial score (nSPS) is 11.5. The van der Waals surface area contributed by atoms with E-state index in [0.717, 1.165) is 18.4 Å². The Morgan fingerprint density at radius 2 is 2.05 bits per heavy atom. The van der Waals surface area contributed by atoms with Crippen molar-refractivity contribution in [1.82, 2.24) is 0 Å². The summed E-state index contributed by atoms with van der Waals surface area (Å²) in [6.45, 7) is 0. The first-order chi connectivity index (χ1) is 8.75. The van der Waals surface area contributed by atoms with Crippen molar-refractivity contribution in [2.24, 2.45) is 0 Å². The maximum Gasteiger partial charge on any atom is 0.330 e. The molecule has 1 rings (SSSR count). The molecular weight excluding hydrogens is 274 g/mol. The van der Waals surface area contributed by atoms with Gasteiger partial charge in [0.2, 0.25) is 0 Å². The summed E-state index contributed by atoms with van der Waals surface area (Å²) in [7, 11) is -2.36. The Morgan fingerprint density at radius 3 is 2.53 bits per heavy atom. The number of sulfone groups is 1. The maximum absolute atomic E-state index is 11.3. The summed E-state index contributed by atoms with van der Waals surface area (Å²) in [6, 6.07) is 3.44. The number of rotatable bonds is 4. The van der Waals surface area contributed by atoms with E-state index in [1.54, 1.807) is 0 Å². The molecule has 0 bridgehead atoms. The van der Waals surface area contributed by atoms with Gasteiger partial charge in [-0.2, -0.15) is 0 Å². The molecule has 0 unspecified atom stereocenters. The fraction of sp³-hybridized carbons (Fsp3) is 0.182. The Kier molecular flexibility index (Phi) is 4.38. The first-order valence-corrected chi connectivity index (χ1v) is 6.89. The molecular formula is C11H11NO6S. The van der Waals surface area contributed by atoms with Crippen molar-refractivity contribution in [2.45, 2.75) is 4.90 Å². The molecule has 7 nitrogen and oxygen atoms in total. The van der Waals surface area contributed by atoms with Gasteiger partial charge in [-0.1, -0.05) is 0 Å². The van der Waals surface area contributed by atoms with Crippen LogP contribution < -0.4 is 0 Å². The van der Waals surface area contributed by atoms with E-state index in [-0.39, 0.29) is 10.5 Å². The Balaban J connectivity index is 3.31. The number of methoxy groups -OCH3 is 1. The lowest BCUT2D eigenvalue weighted by molar-refractivity contribution is -0.385. The topological polar surface area (TPSA) is 104 Å². The van der Waals surface area contributed by atoms with E-state index in [1.807, 2.05) is 0 Å². The molecule has 0 radical (unpaired) electrons. The zero-order valence-corrected chi connectivity index (χ0v) is 11.0. The Labute approximate surface area is 109 Å². The second kappa shape index (κ2) is 5.61. The van der Waals surface area contributed by atoms with Crippen LogP contribution in [0.3, 0.4) is 0 Å². The zero-order chi connectivity index (χ0) is 14.6. The molecule has 0 saturated heterocycles. The van der Waals surface area contributed by atoms with Gasteiger partial charge in [-0.25, -0.2) is 13.2 Å². The number of esters is 1. The number of nitrogens with zero attached hydrogens (tertiary/aromatic N) is 1. The molecule has 1 aromatic rings. The third kappa shape index (κ3) is 3.88. The summed E-state index contributed by atoms with van der Waals surface area (Å²) in [4.78, 5) is 20.9. The van der Waals surface area contributed by atoms with Gasteiger partial charge < -0.3 is 4.74 Å². The van der Waals surface area contributed by atoms with Crippen molar-refractivity contribution in [2.75, 3.05) is 13.4 Å². The molecule has 0 aliphatic rings. The number of ether oxygens (including phenoxy) is 1. The van der Waals surface area contributed by atoms with Gasteiger partial charge in [0.1, 0.15) is 0 Å². The molecule has 0 aliphatic carbocycles. The van der Waals surface area contributed by atoms with E-state index in [2.05, 4.69) is 4.74 Å². The molecule has 102 valence electrons. The number of hydrogen-bond donors (Lipinski definition) is 0. The molecule has 0 amide bonds. The van der Waals surface area contributed by atoms with E-state index in [0.29, 0.717) is 0 Å². The molecule has 0 fully saturated rings. The van der Waals surface area contributed by atoms with Crippen molar-refractivity contribution >= 4 is 27.6 Å². The Bertz CT molecular complexity index is 647. The van der Waals surface area contributed by atoms with Crippen molar-refractivity contribution < 1.29 is 22.9 Å². The van der Waals surface area contributed by atoms with Gasteiger partial charge in [0, 0.05) is 18.4 Å². The van der Waals surface area contributed by atoms with Crippen LogP contribution in [0.15, 0.2) is 29.2 Å². The molecule has 0 atom stereocenters. The Morgan fingerprint density at radius 1 is 1.42 bits per heavy atom. The van der Waals surface area contributed by atoms with Crippen LogP contribution in [-0.2, 0) is 19.4 Å². The van der Waals surface area contributed by atoms with Gasteiger partial charge in [0.15, 0.2) is 9.84 Å². The summed E-state index contributed by atoms with van der Waals surface area (Å²) in [5, 5.41) is 10.9. The molecule has 0 heterocycles. The number of carbonyl (C=O) groups is 1. The van der Waals surface area contributed by atoms with Crippen molar-refractivity contribution in [3.8, 4) is 0 Å². The van der Waals surface area contributed by atoms with Gasteiger partial charge in [-0.3, -0.25) is 10.1 Å². The number of carbonyl (C=O) groups excluding carboxylic acids is 1. The molecule has 0 N–H and O–H groups in total. The molecule has 0 aliphatic heterocycles. The number of hydrogen-bond acceptors (Lipinski definition) is 6. The maximum atomic E-state index is 11.3. The van der Waals surface area contributed by atoms with Crippen LogP contribution in [0.2, 0.25) is 0 Å². The van der Waals surface area contributed by atoms with Crippen LogP contribution in [0.1, 0.15) is 5.56 Å². The van der Waals surface area contributed by atoms with Gasteiger partial charge in [0.05, 0.1) is 22.5 Å². The highest BCUT2D eigenvalue weighted by molar-refractivity contribution is 7.90. The first kappa shape index (κ1) is 14.8. The largest absolute Gasteiger partial charge is 0.466 e. The predicted octanol–water partition coefficient (Wildman–Crippen LogP) is 1.18. The quantitative estimate of drug-likeness (QED) is 0.356. The minimum absolute atomic E-state index is 0.114. The van der Waals surface area contributed by atoms with E-state index in [1.165, 1.54) is 25.3 Å². The Hall–Kier alpha value is -2.22. The van der Waals surface area contributed by atoms with Crippen LogP contribution in [-0.4, -0.2) is 32.7 Å². The van der Waals surface area contributed by atoms with E-state index >= 15 is 0 Å². The van der Waals surface area contributed by atoms with Crippen molar-refractivity contribution in [3.63, 3.8) is 0 Å². The number of nitro benzene ring substituents is 1. The molecule has 0 saturated carbocycles. The SMILES string of the molecule is COC(=O)C=Cc1ccc(S(C)(=O)=O)cc1[N+](=O)[O-]. The van der Waals surface area contributed by atoms with E-state index in [9.17, 15) is 23.3 Å². The average molecular weight is 285 g/mol. The van der Waals surface area contributed by atoms with Crippen LogP contribution in [0.4, 0.5) is 5.69 Å². The van der Waals surface area contributed by atoms with Crippen molar-refractivity contribution in [3.05, 3.63) is 40.0 Å². The van der Waals surface area contributed by atoms with Gasteiger partial charge in [0.25, 0.3) is 5.69 Å². The standard InChI is InChI=1S/C11H11NO6S/c1-18-11(13)6-4-8-3-5-9(19(2,16)17)7-10(8)12(14)15/h3-7H,1-2H3. The van der Waals surface area contributed by atoms with Gasteiger partial charge >= 0.3 is 5.97 Å². The molecule has 0 spiro atoms. The highest BCUT2D eigenvalue weighted by Crippen LogP contribution is 2.24. The molecule has 1 aromatic carbocycles. The second-order valence-electron chi connectivity index (χ2n) is 3.61. The summed E-state index contributed by atoms with van der Waals surface area (Å²) in [6.07, 6.45) is 3.16. The van der Waals surface area contributed by atoms with Crippen LogP contribution in [0.25, 0.3) is 6.08 Å². The third-order valence-electron chi connectivity index (χ3n) is 2.23. The van der Waals surface area contributed by atoms with Gasteiger partial charge in [-0.05, 0) is 18.2 Å². The highest BCUT2D eigenvalue weighted by atomic mass is 32.2. The molecule has 8 heteroatoms. The predicted molar refractivity (Wildman–Crippen MR) is 67.3 cm³/mol. The molecule has 19 heavy (non-hydrogen) atoms. The lowest BCUT2D eigenvalue weighted by atomic mass is 10.1. The monoisotopic (exact) mass is 285 g/mol. The summed E-state index contributed by atoms with van der Waals surface area (Å²) < 4.78 is 27.0. The number of benzene rings is 1. The van der Waals surface area contributed by atoms with Gasteiger partial charge in [-0.15, -0.1) is 0 Å². The summed E-state index contributed by atoms with van der Waals surface area (Å²) in [5.41, 5.74) is -0.286. The lowest BCUT2D eigenvalue weighted by Crippen LogP contribution is -2.00. The highest BCUT2D eigenvalue weighted by Gasteiger charge is 2.17.